The van der Waals surface area contributed by atoms with E-state index in [4.69, 9.17) is 5.73 Å². The summed E-state index contributed by atoms with van der Waals surface area (Å²) in [6, 6.07) is 6.62. The van der Waals surface area contributed by atoms with Crippen LogP contribution in [-0.2, 0) is 6.54 Å². The number of rotatable bonds is 3. The SMILES string of the molecule is Cc1cccc2c1nc(N)n2CC(C)N(C)C. The van der Waals surface area contributed by atoms with Gasteiger partial charge in [0, 0.05) is 12.6 Å². The highest BCUT2D eigenvalue weighted by Crippen LogP contribution is 2.21. The molecule has 2 aromatic rings. The second kappa shape index (κ2) is 4.37. The number of nitrogen functional groups attached to an aromatic ring is 1. The van der Waals surface area contributed by atoms with Crippen molar-refractivity contribution in [1.29, 1.82) is 0 Å². The van der Waals surface area contributed by atoms with Gasteiger partial charge in [0.25, 0.3) is 0 Å². The summed E-state index contributed by atoms with van der Waals surface area (Å²) in [5, 5.41) is 0. The molecule has 1 aromatic carbocycles. The smallest absolute Gasteiger partial charge is 0.201 e. The number of fused-ring (bicyclic) bond motifs is 1. The molecule has 1 atom stereocenters. The van der Waals surface area contributed by atoms with Gasteiger partial charge in [-0.3, -0.25) is 0 Å². The fourth-order valence-corrected chi connectivity index (χ4v) is 1.92. The van der Waals surface area contributed by atoms with Gasteiger partial charge in [-0.05, 0) is 39.6 Å². The second-order valence-corrected chi connectivity index (χ2v) is 4.84. The molecule has 0 bridgehead atoms. The van der Waals surface area contributed by atoms with Crippen LogP contribution in [0.2, 0.25) is 0 Å². The Labute approximate surface area is 102 Å². The number of benzene rings is 1. The topological polar surface area (TPSA) is 47.1 Å². The molecule has 0 radical (unpaired) electrons. The van der Waals surface area contributed by atoms with E-state index in [0.29, 0.717) is 12.0 Å². The van der Waals surface area contributed by atoms with Gasteiger partial charge in [-0.25, -0.2) is 4.98 Å². The number of aryl methyl sites for hydroxylation is 1. The molecule has 1 unspecified atom stereocenters. The van der Waals surface area contributed by atoms with Gasteiger partial charge < -0.3 is 15.2 Å². The molecule has 2 N–H and O–H groups in total. The number of nitrogens with zero attached hydrogens (tertiary/aromatic N) is 3. The standard InChI is InChI=1S/C13H20N4/c1-9-6-5-7-11-12(9)15-13(14)17(11)8-10(2)16(3)4/h5-7,10H,8H2,1-4H3,(H2,14,15). The molecule has 17 heavy (non-hydrogen) atoms. The van der Waals surface area contributed by atoms with E-state index in [-0.39, 0.29) is 0 Å². The zero-order valence-corrected chi connectivity index (χ0v) is 10.9. The summed E-state index contributed by atoms with van der Waals surface area (Å²) in [6.07, 6.45) is 0. The number of imidazole rings is 1. The lowest BCUT2D eigenvalue weighted by Gasteiger charge is -2.21. The van der Waals surface area contributed by atoms with Crippen molar-refractivity contribution >= 4 is 17.0 Å². The van der Waals surface area contributed by atoms with Gasteiger partial charge in [0.1, 0.15) is 0 Å². The van der Waals surface area contributed by atoms with Gasteiger partial charge in [-0.1, -0.05) is 12.1 Å². The second-order valence-electron chi connectivity index (χ2n) is 4.84. The Hall–Kier alpha value is -1.55. The summed E-state index contributed by atoms with van der Waals surface area (Å²) < 4.78 is 2.09. The molecule has 4 heteroatoms. The maximum Gasteiger partial charge on any atom is 0.201 e. The number of likely N-dealkylation sites (N-methyl/N-ethyl adjacent to an activating group) is 1. The maximum atomic E-state index is 6.00. The highest BCUT2D eigenvalue weighted by atomic mass is 15.2. The Kier molecular flexibility index (Phi) is 3.07. The Morgan fingerprint density at radius 3 is 2.76 bits per heavy atom. The van der Waals surface area contributed by atoms with E-state index in [1.807, 2.05) is 0 Å². The minimum Gasteiger partial charge on any atom is -0.369 e. The minimum atomic E-state index is 0.426. The minimum absolute atomic E-state index is 0.426. The van der Waals surface area contributed by atoms with Crippen molar-refractivity contribution in [3.05, 3.63) is 23.8 Å². The lowest BCUT2D eigenvalue weighted by Crippen LogP contribution is -2.29. The van der Waals surface area contributed by atoms with Crippen LogP contribution < -0.4 is 5.73 Å². The van der Waals surface area contributed by atoms with Gasteiger partial charge in [-0.2, -0.15) is 0 Å². The fraction of sp³-hybridized carbons (Fsp3) is 0.462. The van der Waals surface area contributed by atoms with E-state index >= 15 is 0 Å². The van der Waals surface area contributed by atoms with E-state index in [1.54, 1.807) is 0 Å². The predicted molar refractivity (Wildman–Crippen MR) is 72.0 cm³/mol. The van der Waals surface area contributed by atoms with E-state index < -0.39 is 0 Å². The first-order chi connectivity index (χ1) is 8.00. The summed E-state index contributed by atoms with van der Waals surface area (Å²) in [7, 11) is 4.15. The van der Waals surface area contributed by atoms with Gasteiger partial charge in [-0.15, -0.1) is 0 Å². The summed E-state index contributed by atoms with van der Waals surface area (Å²) in [5.74, 6) is 0.600. The largest absolute Gasteiger partial charge is 0.369 e. The third kappa shape index (κ3) is 2.13. The molecular weight excluding hydrogens is 212 g/mol. The van der Waals surface area contributed by atoms with Crippen molar-refractivity contribution in [2.75, 3.05) is 19.8 Å². The van der Waals surface area contributed by atoms with Crippen LogP contribution >= 0.6 is 0 Å². The molecule has 92 valence electrons. The summed E-state index contributed by atoms with van der Waals surface area (Å²) in [5.41, 5.74) is 9.31. The lowest BCUT2D eigenvalue weighted by molar-refractivity contribution is 0.287. The third-order valence-corrected chi connectivity index (χ3v) is 3.34. The van der Waals surface area contributed by atoms with Crippen molar-refractivity contribution in [3.63, 3.8) is 0 Å². The van der Waals surface area contributed by atoms with Crippen LogP contribution in [0.4, 0.5) is 5.95 Å². The number of hydrogen-bond acceptors (Lipinski definition) is 3. The Bertz CT molecular complexity index is 527. The fourth-order valence-electron chi connectivity index (χ4n) is 1.92. The van der Waals surface area contributed by atoms with Crippen LogP contribution in [0.1, 0.15) is 12.5 Å². The van der Waals surface area contributed by atoms with Crippen LogP contribution in [-0.4, -0.2) is 34.6 Å². The molecule has 2 rings (SSSR count). The molecule has 0 aliphatic heterocycles. The zero-order valence-electron chi connectivity index (χ0n) is 10.9. The van der Waals surface area contributed by atoms with Gasteiger partial charge in [0.2, 0.25) is 5.95 Å². The molecule has 0 aliphatic carbocycles. The highest BCUT2D eigenvalue weighted by molar-refractivity contribution is 5.81. The average molecular weight is 232 g/mol. The third-order valence-electron chi connectivity index (χ3n) is 3.34. The van der Waals surface area contributed by atoms with E-state index in [0.717, 1.165) is 17.6 Å². The monoisotopic (exact) mass is 232 g/mol. The zero-order chi connectivity index (χ0) is 12.6. The van der Waals surface area contributed by atoms with Crippen molar-refractivity contribution in [2.24, 2.45) is 0 Å². The lowest BCUT2D eigenvalue weighted by atomic mass is 10.2. The Morgan fingerprint density at radius 2 is 2.12 bits per heavy atom. The molecule has 0 aliphatic rings. The first kappa shape index (κ1) is 11.9. The van der Waals surface area contributed by atoms with Crippen LogP contribution in [0, 0.1) is 6.92 Å². The molecule has 0 saturated carbocycles. The number of para-hydroxylation sites is 1. The normalized spacial score (nSPS) is 13.5. The molecule has 0 spiro atoms. The summed E-state index contributed by atoms with van der Waals surface area (Å²) >= 11 is 0. The van der Waals surface area contributed by atoms with Crippen molar-refractivity contribution in [2.45, 2.75) is 26.4 Å². The first-order valence-corrected chi connectivity index (χ1v) is 5.88. The van der Waals surface area contributed by atoms with E-state index in [2.05, 4.69) is 60.6 Å². The average Bonchev–Trinajstić information content (AvgIpc) is 2.58. The van der Waals surface area contributed by atoms with Crippen molar-refractivity contribution < 1.29 is 0 Å². The van der Waals surface area contributed by atoms with Crippen molar-refractivity contribution in [1.82, 2.24) is 14.5 Å². The molecule has 0 saturated heterocycles. The molecule has 1 aromatic heterocycles. The Morgan fingerprint density at radius 1 is 1.41 bits per heavy atom. The maximum absolute atomic E-state index is 6.00. The number of nitrogens with two attached hydrogens (primary N) is 1. The van der Waals surface area contributed by atoms with Crippen LogP contribution in [0.3, 0.4) is 0 Å². The number of aromatic nitrogens is 2. The summed E-state index contributed by atoms with van der Waals surface area (Å²) in [6.45, 7) is 5.11. The van der Waals surface area contributed by atoms with E-state index in [1.165, 1.54) is 5.56 Å². The van der Waals surface area contributed by atoms with Gasteiger partial charge in [0.05, 0.1) is 11.0 Å². The van der Waals surface area contributed by atoms with Crippen LogP contribution in [0.5, 0.6) is 0 Å². The van der Waals surface area contributed by atoms with Crippen LogP contribution in [0.15, 0.2) is 18.2 Å². The molecule has 0 amide bonds. The number of anilines is 1. The molecule has 4 nitrogen and oxygen atoms in total. The number of hydrogen-bond donors (Lipinski definition) is 1. The molecule has 1 heterocycles. The first-order valence-electron chi connectivity index (χ1n) is 5.88. The molecular formula is C13H20N4. The Balaban J connectivity index is 2.47. The quantitative estimate of drug-likeness (QED) is 0.879. The van der Waals surface area contributed by atoms with E-state index in [9.17, 15) is 0 Å². The molecule has 0 fully saturated rings. The van der Waals surface area contributed by atoms with Crippen LogP contribution in [0.25, 0.3) is 11.0 Å². The van der Waals surface area contributed by atoms with Gasteiger partial charge >= 0.3 is 0 Å². The predicted octanol–water partition coefficient (Wildman–Crippen LogP) is 1.88. The summed E-state index contributed by atoms with van der Waals surface area (Å²) in [4.78, 5) is 6.63. The van der Waals surface area contributed by atoms with Gasteiger partial charge in [0.15, 0.2) is 0 Å². The highest BCUT2D eigenvalue weighted by Gasteiger charge is 2.13. The van der Waals surface area contributed by atoms with Crippen molar-refractivity contribution in [3.8, 4) is 0 Å².